The molecule has 0 aliphatic rings. The maximum Gasteiger partial charge on any atom is 0.177 e. The number of aryl methyl sites for hydroxylation is 1. The van der Waals surface area contributed by atoms with Crippen LogP contribution in [0.4, 0.5) is 8.78 Å². The minimum Gasteiger partial charge on any atom is -0.360 e. The van der Waals surface area contributed by atoms with Gasteiger partial charge in [-0.1, -0.05) is 19.0 Å². The Labute approximate surface area is 147 Å². The van der Waals surface area contributed by atoms with Crippen molar-refractivity contribution < 1.29 is 13.3 Å². The zero-order valence-corrected chi connectivity index (χ0v) is 14.4. The first-order valence-corrected chi connectivity index (χ1v) is 8.10. The summed E-state index contributed by atoms with van der Waals surface area (Å²) < 4.78 is 34.4. The van der Waals surface area contributed by atoms with Gasteiger partial charge in [0.25, 0.3) is 0 Å². The van der Waals surface area contributed by atoms with Gasteiger partial charge in [-0.2, -0.15) is 9.61 Å². The second kappa shape index (κ2) is 5.98. The van der Waals surface area contributed by atoms with Gasteiger partial charge in [-0.15, -0.1) is 10.2 Å². The Morgan fingerprint density at radius 2 is 1.88 bits per heavy atom. The molecule has 3 aromatic heterocycles. The first-order chi connectivity index (χ1) is 12.5. The van der Waals surface area contributed by atoms with Gasteiger partial charge >= 0.3 is 0 Å². The molecule has 0 spiro atoms. The molecule has 0 N–H and O–H groups in total. The summed E-state index contributed by atoms with van der Waals surface area (Å²) in [7, 11) is 0. The summed E-state index contributed by atoms with van der Waals surface area (Å²) >= 11 is 0. The number of hydrogen-bond acceptors (Lipinski definition) is 5. The molecule has 0 amide bonds. The molecule has 0 aliphatic carbocycles. The minimum absolute atomic E-state index is 0.130. The zero-order chi connectivity index (χ0) is 18.4. The highest BCUT2D eigenvalue weighted by Crippen LogP contribution is 2.34. The monoisotopic (exact) mass is 355 g/mol. The lowest BCUT2D eigenvalue weighted by Gasteiger charge is -2.06. The third-order valence-electron chi connectivity index (χ3n) is 4.11. The highest BCUT2D eigenvalue weighted by molar-refractivity contribution is 5.80. The van der Waals surface area contributed by atoms with Crippen LogP contribution in [-0.4, -0.2) is 25.0 Å². The average molecular weight is 355 g/mol. The van der Waals surface area contributed by atoms with Crippen LogP contribution in [0.3, 0.4) is 0 Å². The van der Waals surface area contributed by atoms with Crippen molar-refractivity contribution in [2.24, 2.45) is 0 Å². The van der Waals surface area contributed by atoms with Crippen molar-refractivity contribution in [1.29, 1.82) is 0 Å². The Hall–Kier alpha value is -3.16. The molecule has 8 heteroatoms. The van der Waals surface area contributed by atoms with Gasteiger partial charge in [0.15, 0.2) is 11.5 Å². The van der Waals surface area contributed by atoms with E-state index in [9.17, 15) is 8.78 Å². The molecular weight excluding hydrogens is 340 g/mol. The summed E-state index contributed by atoms with van der Waals surface area (Å²) in [6, 6.07) is 6.86. The summed E-state index contributed by atoms with van der Waals surface area (Å²) in [6.45, 7) is 5.71. The fourth-order valence-electron chi connectivity index (χ4n) is 2.84. The van der Waals surface area contributed by atoms with E-state index < -0.39 is 11.6 Å². The second-order valence-corrected chi connectivity index (χ2v) is 6.29. The molecule has 4 aromatic rings. The van der Waals surface area contributed by atoms with Crippen molar-refractivity contribution in [2.75, 3.05) is 0 Å². The van der Waals surface area contributed by atoms with Crippen LogP contribution in [0.25, 0.3) is 28.2 Å². The van der Waals surface area contributed by atoms with Crippen molar-refractivity contribution in [3.05, 3.63) is 53.6 Å². The molecule has 4 rings (SSSR count). The Morgan fingerprint density at radius 1 is 1.08 bits per heavy atom. The van der Waals surface area contributed by atoms with Crippen LogP contribution in [0.2, 0.25) is 0 Å². The lowest BCUT2D eigenvalue weighted by atomic mass is 10.0. The van der Waals surface area contributed by atoms with Crippen molar-refractivity contribution in [3.8, 4) is 22.5 Å². The fourth-order valence-corrected chi connectivity index (χ4v) is 2.84. The SMILES string of the molecule is Cc1onc(-c2ccc(F)cc2F)c1-c1ccc2nnc(C(C)C)n2n1. The van der Waals surface area contributed by atoms with Gasteiger partial charge in [0.05, 0.1) is 11.3 Å². The fraction of sp³-hybridized carbons (Fsp3) is 0.222. The third-order valence-corrected chi connectivity index (χ3v) is 4.11. The van der Waals surface area contributed by atoms with Crippen molar-refractivity contribution in [3.63, 3.8) is 0 Å². The summed E-state index contributed by atoms with van der Waals surface area (Å²) in [5.41, 5.74) is 2.11. The maximum absolute atomic E-state index is 14.2. The van der Waals surface area contributed by atoms with Gasteiger partial charge in [0.1, 0.15) is 23.1 Å². The Bertz CT molecular complexity index is 1120. The van der Waals surface area contributed by atoms with Crippen LogP contribution in [0.15, 0.2) is 34.9 Å². The second-order valence-electron chi connectivity index (χ2n) is 6.29. The largest absolute Gasteiger partial charge is 0.360 e. The number of rotatable bonds is 3. The van der Waals surface area contributed by atoms with Crippen molar-refractivity contribution in [2.45, 2.75) is 26.7 Å². The van der Waals surface area contributed by atoms with E-state index in [1.54, 1.807) is 23.6 Å². The average Bonchev–Trinajstić information content (AvgIpc) is 3.18. The number of halogens is 2. The molecule has 0 saturated carbocycles. The van der Waals surface area contributed by atoms with Gasteiger partial charge in [0.2, 0.25) is 0 Å². The van der Waals surface area contributed by atoms with E-state index in [1.165, 1.54) is 12.1 Å². The summed E-state index contributed by atoms with van der Waals surface area (Å²) in [4.78, 5) is 0. The van der Waals surface area contributed by atoms with Gasteiger partial charge in [-0.3, -0.25) is 0 Å². The molecule has 0 atom stereocenters. The van der Waals surface area contributed by atoms with Crippen LogP contribution < -0.4 is 0 Å². The molecule has 0 fully saturated rings. The summed E-state index contributed by atoms with van der Waals surface area (Å²) in [6.07, 6.45) is 0. The lowest BCUT2D eigenvalue weighted by molar-refractivity contribution is 0.399. The third kappa shape index (κ3) is 2.54. The first-order valence-electron chi connectivity index (χ1n) is 8.10. The normalized spacial score (nSPS) is 11.6. The Kier molecular flexibility index (Phi) is 3.75. The molecule has 3 heterocycles. The van der Waals surface area contributed by atoms with Gasteiger partial charge in [0, 0.05) is 17.5 Å². The number of fused-ring (bicyclic) bond motifs is 1. The van der Waals surface area contributed by atoms with E-state index in [-0.39, 0.29) is 17.2 Å². The van der Waals surface area contributed by atoms with E-state index in [0.717, 1.165) is 6.07 Å². The minimum atomic E-state index is -0.715. The molecule has 1 aromatic carbocycles. The lowest BCUT2D eigenvalue weighted by Crippen LogP contribution is -2.02. The molecule has 132 valence electrons. The van der Waals surface area contributed by atoms with E-state index >= 15 is 0 Å². The van der Waals surface area contributed by atoms with E-state index in [4.69, 9.17) is 4.52 Å². The highest BCUT2D eigenvalue weighted by atomic mass is 19.1. The summed E-state index contributed by atoms with van der Waals surface area (Å²) in [5, 5.41) is 16.8. The Morgan fingerprint density at radius 3 is 2.62 bits per heavy atom. The van der Waals surface area contributed by atoms with Gasteiger partial charge < -0.3 is 4.52 Å². The molecule has 0 unspecified atom stereocenters. The highest BCUT2D eigenvalue weighted by Gasteiger charge is 2.22. The van der Waals surface area contributed by atoms with Crippen LogP contribution in [0, 0.1) is 18.6 Å². The number of aromatic nitrogens is 5. The van der Waals surface area contributed by atoms with Crippen molar-refractivity contribution in [1.82, 2.24) is 25.0 Å². The molecule has 0 saturated heterocycles. The topological polar surface area (TPSA) is 69.1 Å². The Balaban J connectivity index is 1.93. The van der Waals surface area contributed by atoms with Crippen LogP contribution in [-0.2, 0) is 0 Å². The van der Waals surface area contributed by atoms with Crippen LogP contribution in [0.5, 0.6) is 0 Å². The molecule has 6 nitrogen and oxygen atoms in total. The van der Waals surface area contributed by atoms with Crippen LogP contribution >= 0.6 is 0 Å². The van der Waals surface area contributed by atoms with Gasteiger partial charge in [-0.25, -0.2) is 8.78 Å². The molecule has 0 bridgehead atoms. The molecule has 0 radical (unpaired) electrons. The predicted octanol–water partition coefficient (Wildman–Crippen LogP) is 4.16. The number of nitrogens with zero attached hydrogens (tertiary/aromatic N) is 5. The quantitative estimate of drug-likeness (QED) is 0.552. The molecule has 0 aliphatic heterocycles. The number of benzene rings is 1. The smallest absolute Gasteiger partial charge is 0.177 e. The predicted molar refractivity (Wildman–Crippen MR) is 90.5 cm³/mol. The first kappa shape index (κ1) is 16.3. The summed E-state index contributed by atoms with van der Waals surface area (Å²) in [5.74, 6) is -0.0445. The zero-order valence-electron chi connectivity index (χ0n) is 14.4. The van der Waals surface area contributed by atoms with Gasteiger partial charge in [-0.05, 0) is 31.2 Å². The maximum atomic E-state index is 14.2. The van der Waals surface area contributed by atoms with E-state index in [0.29, 0.717) is 28.5 Å². The standard InChI is InChI=1S/C18H15F2N5O/c1-9(2)18-22-21-15-7-6-14(23-25(15)18)16-10(3)26-24-17(16)12-5-4-11(19)8-13(12)20/h4-9H,1-3H3. The number of hydrogen-bond donors (Lipinski definition) is 0. The molecular formula is C18H15F2N5O. The van der Waals surface area contributed by atoms with Crippen molar-refractivity contribution >= 4 is 5.65 Å². The van der Waals surface area contributed by atoms with Crippen LogP contribution in [0.1, 0.15) is 31.4 Å². The van der Waals surface area contributed by atoms with E-state index in [2.05, 4.69) is 20.5 Å². The molecule has 26 heavy (non-hydrogen) atoms. The van der Waals surface area contributed by atoms with E-state index in [1.807, 2.05) is 13.8 Å².